The molecule has 0 aliphatic carbocycles. The van der Waals surface area contributed by atoms with Crippen molar-refractivity contribution in [3.05, 3.63) is 53.1 Å². The molecule has 0 bridgehead atoms. The number of hydrogen-bond donors (Lipinski definition) is 0. The van der Waals surface area contributed by atoms with Crippen molar-refractivity contribution in [2.24, 2.45) is 4.99 Å². The number of para-hydroxylation sites is 1. The zero-order valence-corrected chi connectivity index (χ0v) is 17.0. The third-order valence-corrected chi connectivity index (χ3v) is 6.13. The summed E-state index contributed by atoms with van der Waals surface area (Å²) in [6.07, 6.45) is 6.44. The van der Waals surface area contributed by atoms with E-state index in [-0.39, 0.29) is 18.3 Å². The summed E-state index contributed by atoms with van der Waals surface area (Å²) in [5, 5.41) is 0. The molecule has 144 valence electrons. The van der Waals surface area contributed by atoms with Crippen molar-refractivity contribution in [3.63, 3.8) is 0 Å². The first-order valence-electron chi connectivity index (χ1n) is 8.68. The van der Waals surface area contributed by atoms with Crippen LogP contribution in [0.4, 0.5) is 4.39 Å². The molecule has 0 unspecified atom stereocenters. The van der Waals surface area contributed by atoms with E-state index in [2.05, 4.69) is 10.9 Å². The molecule has 1 amide bonds. The first kappa shape index (κ1) is 20.2. The number of carbonyl (C=O) groups excluding carboxylic acids is 1. The number of rotatable bonds is 7. The molecule has 0 saturated heterocycles. The minimum Gasteiger partial charge on any atom is -0.497 e. The molecular weight excluding hydrogens is 395 g/mol. The number of thioether (sulfide) groups is 1. The Morgan fingerprint density at radius 3 is 2.82 bits per heavy atom. The van der Waals surface area contributed by atoms with Crippen molar-refractivity contribution in [2.45, 2.75) is 24.3 Å². The highest BCUT2D eigenvalue weighted by Crippen LogP contribution is 2.23. The summed E-state index contributed by atoms with van der Waals surface area (Å²) in [7, 11) is 1.63. The lowest BCUT2D eigenvalue weighted by Gasteiger charge is -2.03. The molecule has 3 aromatic rings. The van der Waals surface area contributed by atoms with Crippen molar-refractivity contribution < 1.29 is 13.9 Å². The van der Waals surface area contributed by atoms with Crippen molar-refractivity contribution >= 4 is 39.2 Å². The number of carbonyl (C=O) groups is 1. The molecule has 2 aromatic carbocycles. The van der Waals surface area contributed by atoms with Crippen LogP contribution in [0.2, 0.25) is 0 Å². The van der Waals surface area contributed by atoms with E-state index >= 15 is 0 Å². The van der Waals surface area contributed by atoms with Crippen LogP contribution < -0.4 is 9.54 Å². The summed E-state index contributed by atoms with van der Waals surface area (Å²) in [5.41, 5.74) is 0.395. The highest BCUT2D eigenvalue weighted by Gasteiger charge is 2.11. The predicted molar refractivity (Wildman–Crippen MR) is 112 cm³/mol. The average molecular weight is 415 g/mol. The smallest absolute Gasteiger partial charge is 0.248 e. The molecule has 7 heteroatoms. The average Bonchev–Trinajstić information content (AvgIpc) is 3.04. The maximum Gasteiger partial charge on any atom is 0.248 e. The van der Waals surface area contributed by atoms with E-state index in [0.717, 1.165) is 21.1 Å². The fourth-order valence-electron chi connectivity index (χ4n) is 2.66. The molecule has 28 heavy (non-hydrogen) atoms. The third-order valence-electron chi connectivity index (χ3n) is 3.98. The maximum atomic E-state index is 14.2. The molecule has 0 aliphatic rings. The molecule has 0 atom stereocenters. The molecule has 0 saturated carbocycles. The monoisotopic (exact) mass is 414 g/mol. The molecular formula is C21H19FN2O2S2. The highest BCUT2D eigenvalue weighted by atomic mass is 32.2. The van der Waals surface area contributed by atoms with E-state index in [4.69, 9.17) is 11.2 Å². The number of halogens is 1. The van der Waals surface area contributed by atoms with E-state index in [9.17, 15) is 9.18 Å². The minimum atomic E-state index is -0.367. The second-order valence-electron chi connectivity index (χ2n) is 5.89. The molecule has 3 rings (SSSR count). The zero-order chi connectivity index (χ0) is 19.9. The van der Waals surface area contributed by atoms with Crippen molar-refractivity contribution in [2.75, 3.05) is 12.9 Å². The number of fused-ring (bicyclic) bond motifs is 1. The largest absolute Gasteiger partial charge is 0.497 e. The maximum absolute atomic E-state index is 14.2. The Kier molecular flexibility index (Phi) is 6.90. The number of methoxy groups -OCH3 is 1. The van der Waals surface area contributed by atoms with Crippen LogP contribution in [0.25, 0.3) is 10.2 Å². The SMILES string of the molecule is C#CCn1c(=NC(=O)CCCSc2ccc(OC)cc2)sc2cccc(F)c21. The zero-order valence-electron chi connectivity index (χ0n) is 15.4. The Labute approximate surface area is 171 Å². The molecule has 1 aromatic heterocycles. The van der Waals surface area contributed by atoms with Crippen LogP contribution in [0.3, 0.4) is 0 Å². The fourth-order valence-corrected chi connectivity index (χ4v) is 4.57. The summed E-state index contributed by atoms with van der Waals surface area (Å²) in [6, 6.07) is 12.6. The van der Waals surface area contributed by atoms with Crippen LogP contribution in [-0.2, 0) is 11.3 Å². The van der Waals surface area contributed by atoms with E-state index < -0.39 is 0 Å². The van der Waals surface area contributed by atoms with Gasteiger partial charge in [-0.15, -0.1) is 18.2 Å². The number of nitrogens with zero attached hydrogens (tertiary/aromatic N) is 2. The predicted octanol–water partition coefficient (Wildman–Crippen LogP) is 4.48. The Morgan fingerprint density at radius 1 is 1.32 bits per heavy atom. The van der Waals surface area contributed by atoms with Gasteiger partial charge in [-0.2, -0.15) is 4.99 Å². The summed E-state index contributed by atoms with van der Waals surface area (Å²) >= 11 is 2.95. The van der Waals surface area contributed by atoms with Crippen LogP contribution in [0.1, 0.15) is 12.8 Å². The van der Waals surface area contributed by atoms with Gasteiger partial charge in [-0.25, -0.2) is 4.39 Å². The molecule has 0 radical (unpaired) electrons. The van der Waals surface area contributed by atoms with Crippen LogP contribution >= 0.6 is 23.1 Å². The van der Waals surface area contributed by atoms with Gasteiger partial charge in [0.2, 0.25) is 5.91 Å². The number of benzene rings is 2. The number of hydrogen-bond acceptors (Lipinski definition) is 4. The summed E-state index contributed by atoms with van der Waals surface area (Å²) < 4.78 is 21.6. The molecule has 1 heterocycles. The van der Waals surface area contributed by atoms with Gasteiger partial charge >= 0.3 is 0 Å². The van der Waals surface area contributed by atoms with Gasteiger partial charge in [0.1, 0.15) is 11.6 Å². The first-order valence-corrected chi connectivity index (χ1v) is 10.5. The Hall–Kier alpha value is -2.56. The van der Waals surface area contributed by atoms with Gasteiger partial charge in [-0.1, -0.05) is 23.3 Å². The standard InChI is InChI=1S/C21H19FN2O2S2/c1-3-13-24-20-17(22)6-4-7-18(20)28-21(24)23-19(25)8-5-14-27-16-11-9-15(26-2)10-12-16/h1,4,6-7,9-12H,5,8,13-14H2,2H3. The molecule has 4 nitrogen and oxygen atoms in total. The second-order valence-corrected chi connectivity index (χ2v) is 8.07. The van der Waals surface area contributed by atoms with Crippen molar-refractivity contribution in [3.8, 4) is 18.1 Å². The first-order chi connectivity index (χ1) is 13.6. The van der Waals surface area contributed by atoms with E-state index in [1.54, 1.807) is 35.6 Å². The van der Waals surface area contributed by atoms with Gasteiger partial charge in [-0.05, 0) is 48.6 Å². The van der Waals surface area contributed by atoms with Gasteiger partial charge in [0.25, 0.3) is 0 Å². The van der Waals surface area contributed by atoms with E-state index in [0.29, 0.717) is 23.2 Å². The molecule has 0 N–H and O–H groups in total. The Morgan fingerprint density at radius 2 is 2.11 bits per heavy atom. The number of terminal acetylenes is 1. The summed E-state index contributed by atoms with van der Waals surface area (Å²) in [4.78, 5) is 18.0. The van der Waals surface area contributed by atoms with E-state index in [1.807, 2.05) is 24.3 Å². The second kappa shape index (κ2) is 9.58. The van der Waals surface area contributed by atoms with Gasteiger partial charge in [-0.3, -0.25) is 4.79 Å². The number of aromatic nitrogens is 1. The lowest BCUT2D eigenvalue weighted by Crippen LogP contribution is -2.17. The topological polar surface area (TPSA) is 43.6 Å². The lowest BCUT2D eigenvalue weighted by atomic mass is 10.3. The normalized spacial score (nSPS) is 11.5. The molecule has 0 spiro atoms. The van der Waals surface area contributed by atoms with Gasteiger partial charge in [0, 0.05) is 11.3 Å². The van der Waals surface area contributed by atoms with Crippen LogP contribution in [-0.4, -0.2) is 23.3 Å². The Balaban J connectivity index is 1.65. The van der Waals surface area contributed by atoms with Crippen molar-refractivity contribution in [1.82, 2.24) is 4.57 Å². The number of amides is 1. The van der Waals surface area contributed by atoms with Crippen LogP contribution in [0.5, 0.6) is 5.75 Å². The number of thiazole rings is 1. The van der Waals surface area contributed by atoms with Gasteiger partial charge in [0.05, 0.1) is 23.9 Å². The van der Waals surface area contributed by atoms with Crippen LogP contribution in [0.15, 0.2) is 52.4 Å². The number of ether oxygens (including phenoxy) is 1. The summed E-state index contributed by atoms with van der Waals surface area (Å²) in [5.74, 6) is 3.53. The quantitative estimate of drug-likeness (QED) is 0.325. The van der Waals surface area contributed by atoms with Gasteiger partial charge in [0.15, 0.2) is 4.80 Å². The van der Waals surface area contributed by atoms with Crippen LogP contribution in [0, 0.1) is 18.2 Å². The molecule has 0 fully saturated rings. The third kappa shape index (κ3) is 4.83. The van der Waals surface area contributed by atoms with E-state index in [1.165, 1.54) is 17.4 Å². The highest BCUT2D eigenvalue weighted by molar-refractivity contribution is 7.99. The lowest BCUT2D eigenvalue weighted by molar-refractivity contribution is -0.118. The summed E-state index contributed by atoms with van der Waals surface area (Å²) in [6.45, 7) is 0.167. The molecule has 0 aliphatic heterocycles. The van der Waals surface area contributed by atoms with Crippen molar-refractivity contribution in [1.29, 1.82) is 0 Å². The van der Waals surface area contributed by atoms with Gasteiger partial charge < -0.3 is 9.30 Å². The Bertz CT molecular complexity index is 1080. The fraction of sp³-hybridized carbons (Fsp3) is 0.238. The minimum absolute atomic E-state index is 0.167.